The first-order valence-electron chi connectivity index (χ1n) is 14.4. The van der Waals surface area contributed by atoms with Crippen LogP contribution in [0.5, 0.6) is 11.5 Å². The van der Waals surface area contributed by atoms with Crippen LogP contribution in [0.3, 0.4) is 0 Å². The fraction of sp³-hybridized carbons (Fsp3) is 0.286. The number of carbonyl (C=O) groups excluding carboxylic acids is 2. The third-order valence-corrected chi connectivity index (χ3v) is 7.68. The number of fused-ring (bicyclic) bond motifs is 3. The average molecular weight is 564 g/mol. The molecule has 3 aromatic carbocycles. The summed E-state index contributed by atoms with van der Waals surface area (Å²) in [5.74, 6) is 1.61. The van der Waals surface area contributed by atoms with Crippen molar-refractivity contribution in [2.24, 2.45) is 0 Å². The molecule has 7 nitrogen and oxygen atoms in total. The normalized spacial score (nSPS) is 14.0. The zero-order valence-corrected chi connectivity index (χ0v) is 24.3. The second-order valence-electron chi connectivity index (χ2n) is 10.6. The monoisotopic (exact) mass is 563 g/mol. The number of carbonyl (C=O) groups is 2. The van der Waals surface area contributed by atoms with E-state index < -0.39 is 0 Å². The molecule has 0 saturated carbocycles. The van der Waals surface area contributed by atoms with Crippen molar-refractivity contribution in [1.82, 2.24) is 14.8 Å². The van der Waals surface area contributed by atoms with Crippen molar-refractivity contribution in [3.05, 3.63) is 114 Å². The number of hydrogen-bond acceptors (Lipinski definition) is 5. The van der Waals surface area contributed by atoms with Crippen LogP contribution >= 0.6 is 0 Å². The standard InChI is InChI=1S/C35H37N3O4/c1-37-18-19-38(34(39)14-6-10-27-9-3-4-13-32(27)41-2)20-21-42-33-16-15-28(30-12-7-17-36-25-30)24-31(33)23-26-8-5-11-29(22-26)35(37)40/h3-5,7-9,11-13,15-17,22,24-25H,6,10,14,18-21,23H2,1-2H3. The highest BCUT2D eigenvalue weighted by Gasteiger charge is 2.19. The van der Waals surface area contributed by atoms with Gasteiger partial charge in [0.1, 0.15) is 18.1 Å². The molecule has 42 heavy (non-hydrogen) atoms. The Labute approximate surface area is 247 Å². The minimum Gasteiger partial charge on any atom is -0.496 e. The van der Waals surface area contributed by atoms with Crippen LogP contribution in [0.4, 0.5) is 0 Å². The number of para-hydroxylation sites is 1. The van der Waals surface area contributed by atoms with Crippen molar-refractivity contribution in [2.45, 2.75) is 25.7 Å². The number of nitrogens with zero attached hydrogens (tertiary/aromatic N) is 3. The van der Waals surface area contributed by atoms with E-state index in [1.165, 1.54) is 0 Å². The van der Waals surface area contributed by atoms with Gasteiger partial charge in [-0.05, 0) is 71.5 Å². The van der Waals surface area contributed by atoms with Crippen LogP contribution in [-0.2, 0) is 17.6 Å². The quantitative estimate of drug-likeness (QED) is 0.303. The molecule has 0 N–H and O–H groups in total. The van der Waals surface area contributed by atoms with E-state index in [-0.39, 0.29) is 11.8 Å². The van der Waals surface area contributed by atoms with Gasteiger partial charge in [-0.3, -0.25) is 14.6 Å². The van der Waals surface area contributed by atoms with Crippen LogP contribution in [-0.4, -0.2) is 67.0 Å². The van der Waals surface area contributed by atoms with E-state index in [1.807, 2.05) is 83.9 Å². The summed E-state index contributed by atoms with van der Waals surface area (Å²) in [4.78, 5) is 34.5. The van der Waals surface area contributed by atoms with Crippen LogP contribution in [0.15, 0.2) is 91.3 Å². The van der Waals surface area contributed by atoms with Gasteiger partial charge in [-0.1, -0.05) is 42.5 Å². The topological polar surface area (TPSA) is 72.0 Å². The summed E-state index contributed by atoms with van der Waals surface area (Å²) in [6, 6.07) is 25.8. The van der Waals surface area contributed by atoms with Crippen molar-refractivity contribution in [3.8, 4) is 22.6 Å². The summed E-state index contributed by atoms with van der Waals surface area (Å²) in [7, 11) is 3.45. The van der Waals surface area contributed by atoms with Crippen LogP contribution in [0.1, 0.15) is 39.9 Å². The van der Waals surface area contributed by atoms with Gasteiger partial charge in [0.2, 0.25) is 5.91 Å². The summed E-state index contributed by atoms with van der Waals surface area (Å²) in [6.07, 6.45) is 6.08. The molecule has 1 aliphatic rings. The van der Waals surface area contributed by atoms with Crippen molar-refractivity contribution in [3.63, 3.8) is 0 Å². The van der Waals surface area contributed by atoms with E-state index in [0.717, 1.165) is 45.7 Å². The molecule has 2 heterocycles. The Morgan fingerprint density at radius 1 is 0.929 bits per heavy atom. The highest BCUT2D eigenvalue weighted by atomic mass is 16.5. The third-order valence-electron chi connectivity index (χ3n) is 7.68. The number of methoxy groups -OCH3 is 1. The van der Waals surface area contributed by atoms with Gasteiger partial charge in [0, 0.05) is 56.5 Å². The maximum Gasteiger partial charge on any atom is 0.253 e. The molecule has 0 unspecified atom stereocenters. The number of pyridine rings is 1. The molecular weight excluding hydrogens is 526 g/mol. The minimum atomic E-state index is -0.0573. The van der Waals surface area contributed by atoms with Gasteiger partial charge in [0.25, 0.3) is 5.91 Å². The van der Waals surface area contributed by atoms with E-state index in [1.54, 1.807) is 25.3 Å². The van der Waals surface area contributed by atoms with Crippen molar-refractivity contribution in [2.75, 3.05) is 40.4 Å². The molecule has 5 rings (SSSR count). The fourth-order valence-electron chi connectivity index (χ4n) is 5.32. The van der Waals surface area contributed by atoms with Crippen LogP contribution in [0.2, 0.25) is 0 Å². The van der Waals surface area contributed by atoms with E-state index in [9.17, 15) is 9.59 Å². The molecule has 0 aliphatic carbocycles. The minimum absolute atomic E-state index is 0.0515. The lowest BCUT2D eigenvalue weighted by Gasteiger charge is -2.27. The molecule has 2 amide bonds. The lowest BCUT2D eigenvalue weighted by atomic mass is 9.98. The third kappa shape index (κ3) is 7.16. The average Bonchev–Trinajstić information content (AvgIpc) is 3.03. The number of benzene rings is 3. The van der Waals surface area contributed by atoms with E-state index >= 15 is 0 Å². The predicted octanol–water partition coefficient (Wildman–Crippen LogP) is 5.66. The van der Waals surface area contributed by atoms with Crippen LogP contribution in [0, 0.1) is 0 Å². The maximum atomic E-state index is 13.4. The van der Waals surface area contributed by atoms with Gasteiger partial charge in [-0.25, -0.2) is 0 Å². The Morgan fingerprint density at radius 2 is 1.79 bits per heavy atom. The Bertz CT molecular complexity index is 1520. The van der Waals surface area contributed by atoms with Gasteiger partial charge in [-0.15, -0.1) is 0 Å². The predicted molar refractivity (Wildman–Crippen MR) is 164 cm³/mol. The lowest BCUT2D eigenvalue weighted by Crippen LogP contribution is -2.41. The molecule has 0 spiro atoms. The first kappa shape index (κ1) is 28.9. The molecule has 0 radical (unpaired) electrons. The molecule has 4 aromatic rings. The van der Waals surface area contributed by atoms with E-state index in [2.05, 4.69) is 11.1 Å². The first-order chi connectivity index (χ1) is 20.5. The second-order valence-corrected chi connectivity index (χ2v) is 10.6. The highest BCUT2D eigenvalue weighted by molar-refractivity contribution is 5.94. The summed E-state index contributed by atoms with van der Waals surface area (Å²) in [5.41, 5.74) is 5.84. The zero-order chi connectivity index (χ0) is 29.3. The number of rotatable bonds is 6. The van der Waals surface area contributed by atoms with Crippen molar-refractivity contribution in [1.29, 1.82) is 0 Å². The van der Waals surface area contributed by atoms with Crippen LogP contribution < -0.4 is 9.47 Å². The molecular formula is C35H37N3O4. The number of aryl methyl sites for hydroxylation is 1. The fourth-order valence-corrected chi connectivity index (χ4v) is 5.32. The Hall–Kier alpha value is -4.65. The number of likely N-dealkylation sites (N-methyl/N-ethyl adjacent to an activating group) is 1. The summed E-state index contributed by atoms with van der Waals surface area (Å²) in [5, 5.41) is 0. The van der Waals surface area contributed by atoms with Gasteiger partial charge in [-0.2, -0.15) is 0 Å². The number of aromatic nitrogens is 1. The van der Waals surface area contributed by atoms with Crippen molar-refractivity contribution < 1.29 is 19.1 Å². The van der Waals surface area contributed by atoms with Gasteiger partial charge >= 0.3 is 0 Å². The van der Waals surface area contributed by atoms with Gasteiger partial charge in [0.05, 0.1) is 13.7 Å². The molecule has 1 aromatic heterocycles. The largest absolute Gasteiger partial charge is 0.496 e. The molecule has 0 saturated heterocycles. The Balaban J connectivity index is 1.36. The van der Waals surface area contributed by atoms with E-state index in [4.69, 9.17) is 9.47 Å². The SMILES string of the molecule is COc1ccccc1CCCC(=O)N1CCOc2ccc(-c3cccnc3)cc2Cc2cccc(c2)C(=O)N(C)CC1. The maximum absolute atomic E-state index is 13.4. The number of hydrogen-bond donors (Lipinski definition) is 0. The molecule has 0 fully saturated rings. The number of amides is 2. The molecule has 216 valence electrons. The van der Waals surface area contributed by atoms with Gasteiger partial charge < -0.3 is 19.3 Å². The second kappa shape index (κ2) is 13.8. The molecule has 0 atom stereocenters. The van der Waals surface area contributed by atoms with Crippen LogP contribution in [0.25, 0.3) is 11.1 Å². The smallest absolute Gasteiger partial charge is 0.253 e. The summed E-state index contributed by atoms with van der Waals surface area (Å²) in [6.45, 7) is 1.66. The van der Waals surface area contributed by atoms with Gasteiger partial charge in [0.15, 0.2) is 0 Å². The highest BCUT2D eigenvalue weighted by Crippen LogP contribution is 2.29. The molecule has 7 heteroatoms. The van der Waals surface area contributed by atoms with E-state index in [0.29, 0.717) is 51.1 Å². The summed E-state index contributed by atoms with van der Waals surface area (Å²) < 4.78 is 11.8. The molecule has 2 bridgehead atoms. The Morgan fingerprint density at radius 3 is 2.62 bits per heavy atom. The zero-order valence-electron chi connectivity index (χ0n) is 24.3. The number of ether oxygens (including phenoxy) is 2. The first-order valence-corrected chi connectivity index (χ1v) is 14.4. The Kier molecular flexibility index (Phi) is 9.49. The molecule has 1 aliphatic heterocycles. The van der Waals surface area contributed by atoms with Crippen molar-refractivity contribution >= 4 is 11.8 Å². The summed E-state index contributed by atoms with van der Waals surface area (Å²) >= 11 is 0. The lowest BCUT2D eigenvalue weighted by molar-refractivity contribution is -0.131.